The topological polar surface area (TPSA) is 75.2 Å². The maximum atomic E-state index is 11.8. The number of anilines is 1. The highest BCUT2D eigenvalue weighted by atomic mass is 32.2. The Hall–Kier alpha value is -1.73. The van der Waals surface area contributed by atoms with Crippen molar-refractivity contribution in [1.82, 2.24) is 14.9 Å². The second kappa shape index (κ2) is 7.66. The summed E-state index contributed by atoms with van der Waals surface area (Å²) in [7, 11) is -3.25. The lowest BCUT2D eigenvalue weighted by Gasteiger charge is -2.31. The minimum absolute atomic E-state index is 0.297. The summed E-state index contributed by atoms with van der Waals surface area (Å²) >= 11 is 0. The van der Waals surface area contributed by atoms with Gasteiger partial charge in [0, 0.05) is 18.2 Å². The first-order valence-corrected chi connectivity index (χ1v) is 10.8. The Bertz CT molecular complexity index is 830. The summed E-state index contributed by atoms with van der Waals surface area (Å²) < 4.78 is 23.6. The average Bonchev–Trinajstić information content (AvgIpc) is 2.60. The van der Waals surface area contributed by atoms with Gasteiger partial charge in [-0.3, -0.25) is 0 Å². The van der Waals surface area contributed by atoms with Gasteiger partial charge < -0.3 is 10.2 Å². The van der Waals surface area contributed by atoms with Crippen LogP contribution in [0.15, 0.2) is 29.4 Å². The fourth-order valence-electron chi connectivity index (χ4n) is 3.38. The van der Waals surface area contributed by atoms with Crippen molar-refractivity contribution in [3.63, 3.8) is 0 Å². The fourth-order valence-corrected chi connectivity index (χ4v) is 4.03. The molecule has 1 saturated heterocycles. The minimum Gasteiger partial charge on any atom is -0.369 e. The van der Waals surface area contributed by atoms with Crippen molar-refractivity contribution < 1.29 is 8.42 Å². The van der Waals surface area contributed by atoms with E-state index in [2.05, 4.69) is 27.1 Å². The highest BCUT2D eigenvalue weighted by Crippen LogP contribution is 2.24. The molecule has 1 aromatic heterocycles. The molecule has 0 aliphatic carbocycles. The molecular weight excluding hydrogens is 336 g/mol. The van der Waals surface area contributed by atoms with Gasteiger partial charge in [-0.15, -0.1) is 0 Å². The Balaban J connectivity index is 1.71. The number of hydrogen-bond acceptors (Lipinski definition) is 6. The van der Waals surface area contributed by atoms with Crippen LogP contribution in [0.25, 0.3) is 10.9 Å². The highest BCUT2D eigenvalue weighted by Gasteiger charge is 2.19. The van der Waals surface area contributed by atoms with Gasteiger partial charge in [0.2, 0.25) is 0 Å². The van der Waals surface area contributed by atoms with Crippen molar-refractivity contribution >= 4 is 26.6 Å². The van der Waals surface area contributed by atoms with Gasteiger partial charge in [0.15, 0.2) is 9.84 Å². The summed E-state index contributed by atoms with van der Waals surface area (Å²) in [5.74, 6) is 1.34. The second-order valence-electron chi connectivity index (χ2n) is 6.84. The molecule has 1 fully saturated rings. The average molecular weight is 362 g/mol. The molecule has 0 radical (unpaired) electrons. The molecule has 0 unspecified atom stereocenters. The smallest absolute Gasteiger partial charge is 0.175 e. The Labute approximate surface area is 149 Å². The molecule has 1 aromatic carbocycles. The zero-order chi connectivity index (χ0) is 17.9. The molecule has 0 saturated carbocycles. The molecule has 2 heterocycles. The highest BCUT2D eigenvalue weighted by molar-refractivity contribution is 7.90. The van der Waals surface area contributed by atoms with Crippen LogP contribution in [0, 0.1) is 5.92 Å². The van der Waals surface area contributed by atoms with Gasteiger partial charge in [-0.2, -0.15) is 0 Å². The summed E-state index contributed by atoms with van der Waals surface area (Å²) in [5.41, 5.74) is 0.752. The van der Waals surface area contributed by atoms with Crippen LogP contribution in [-0.2, 0) is 9.84 Å². The number of sulfone groups is 1. The Morgan fingerprint density at radius 3 is 2.68 bits per heavy atom. The Morgan fingerprint density at radius 1 is 1.24 bits per heavy atom. The lowest BCUT2D eigenvalue weighted by molar-refractivity contribution is 0.190. The van der Waals surface area contributed by atoms with Gasteiger partial charge in [0.05, 0.1) is 10.4 Å². The second-order valence-corrected chi connectivity index (χ2v) is 8.86. The van der Waals surface area contributed by atoms with E-state index in [1.807, 2.05) is 0 Å². The molecule has 25 heavy (non-hydrogen) atoms. The fraction of sp³-hybridized carbons (Fsp3) is 0.556. The minimum atomic E-state index is -3.25. The van der Waals surface area contributed by atoms with Gasteiger partial charge in [-0.25, -0.2) is 18.4 Å². The first-order valence-electron chi connectivity index (χ1n) is 8.88. The van der Waals surface area contributed by atoms with Crippen molar-refractivity contribution in [3.8, 4) is 0 Å². The van der Waals surface area contributed by atoms with E-state index < -0.39 is 9.84 Å². The molecular formula is C18H26N4O2S. The van der Waals surface area contributed by atoms with Gasteiger partial charge in [-0.05, 0) is 63.0 Å². The van der Waals surface area contributed by atoms with E-state index >= 15 is 0 Å². The van der Waals surface area contributed by atoms with E-state index in [9.17, 15) is 8.42 Å². The van der Waals surface area contributed by atoms with Crippen LogP contribution in [-0.4, -0.2) is 55.7 Å². The van der Waals surface area contributed by atoms with E-state index in [0.29, 0.717) is 16.6 Å². The third kappa shape index (κ3) is 4.46. The number of nitrogens with one attached hydrogen (secondary N) is 1. The van der Waals surface area contributed by atoms with E-state index in [-0.39, 0.29) is 0 Å². The standard InChI is InChI=1S/C18H26N4O2S/c1-3-8-22-9-6-14(7-10-22)12-19-18-16-11-15(25(2,23)24)4-5-17(16)20-13-21-18/h4-5,11,13-14H,3,6-10,12H2,1-2H3,(H,19,20,21). The largest absolute Gasteiger partial charge is 0.369 e. The molecule has 1 aliphatic rings. The lowest BCUT2D eigenvalue weighted by atomic mass is 9.96. The summed E-state index contributed by atoms with van der Waals surface area (Å²) in [6.45, 7) is 6.57. The molecule has 1 N–H and O–H groups in total. The predicted molar refractivity (Wildman–Crippen MR) is 101 cm³/mol. The monoisotopic (exact) mass is 362 g/mol. The van der Waals surface area contributed by atoms with E-state index in [1.165, 1.54) is 38.4 Å². The van der Waals surface area contributed by atoms with Crippen LogP contribution in [0.2, 0.25) is 0 Å². The summed E-state index contributed by atoms with van der Waals surface area (Å²) in [4.78, 5) is 11.4. The zero-order valence-electron chi connectivity index (χ0n) is 14.9. The Kier molecular flexibility index (Phi) is 5.54. The molecule has 0 spiro atoms. The third-order valence-corrected chi connectivity index (χ3v) is 5.95. The molecule has 3 rings (SSSR count). The van der Waals surface area contributed by atoms with Crippen LogP contribution in [0.5, 0.6) is 0 Å². The Morgan fingerprint density at radius 2 is 2.00 bits per heavy atom. The third-order valence-electron chi connectivity index (χ3n) is 4.84. The number of hydrogen-bond donors (Lipinski definition) is 1. The van der Waals surface area contributed by atoms with Gasteiger partial charge >= 0.3 is 0 Å². The number of piperidine rings is 1. The van der Waals surface area contributed by atoms with Gasteiger partial charge in [-0.1, -0.05) is 6.92 Å². The van der Waals surface area contributed by atoms with Crippen molar-refractivity contribution in [2.24, 2.45) is 5.92 Å². The van der Waals surface area contributed by atoms with Crippen LogP contribution < -0.4 is 5.32 Å². The molecule has 0 atom stereocenters. The van der Waals surface area contributed by atoms with Gasteiger partial charge in [0.25, 0.3) is 0 Å². The molecule has 6 nitrogen and oxygen atoms in total. The number of rotatable bonds is 6. The molecule has 0 bridgehead atoms. The van der Waals surface area contributed by atoms with Crippen molar-refractivity contribution in [2.45, 2.75) is 31.1 Å². The molecule has 0 amide bonds. The van der Waals surface area contributed by atoms with Crippen LogP contribution in [0.1, 0.15) is 26.2 Å². The van der Waals surface area contributed by atoms with Crippen molar-refractivity contribution in [3.05, 3.63) is 24.5 Å². The predicted octanol–water partition coefficient (Wildman–Crippen LogP) is 2.57. The molecule has 7 heteroatoms. The first-order chi connectivity index (χ1) is 12.0. The SMILES string of the molecule is CCCN1CCC(CNc2ncnc3ccc(S(C)(=O)=O)cc23)CC1. The molecule has 2 aromatic rings. The normalized spacial score (nSPS) is 17.0. The van der Waals surface area contributed by atoms with E-state index in [1.54, 1.807) is 18.2 Å². The van der Waals surface area contributed by atoms with Crippen molar-refractivity contribution in [2.75, 3.05) is 37.8 Å². The number of nitrogens with zero attached hydrogens (tertiary/aromatic N) is 3. The number of fused-ring (bicyclic) bond motifs is 1. The summed E-state index contributed by atoms with van der Waals surface area (Å²) in [6, 6.07) is 5.00. The van der Waals surface area contributed by atoms with E-state index in [4.69, 9.17) is 0 Å². The quantitative estimate of drug-likeness (QED) is 0.851. The summed E-state index contributed by atoms with van der Waals surface area (Å²) in [6.07, 6.45) is 6.32. The maximum Gasteiger partial charge on any atom is 0.175 e. The maximum absolute atomic E-state index is 11.8. The zero-order valence-corrected chi connectivity index (χ0v) is 15.7. The number of aromatic nitrogens is 2. The number of likely N-dealkylation sites (tertiary alicyclic amines) is 1. The van der Waals surface area contributed by atoms with Crippen LogP contribution in [0.4, 0.5) is 5.82 Å². The van der Waals surface area contributed by atoms with Crippen LogP contribution >= 0.6 is 0 Å². The molecule has 1 aliphatic heterocycles. The molecule has 136 valence electrons. The first kappa shape index (κ1) is 18.1. The van der Waals surface area contributed by atoms with Crippen LogP contribution in [0.3, 0.4) is 0 Å². The van der Waals surface area contributed by atoms with Gasteiger partial charge in [0.1, 0.15) is 12.1 Å². The lowest BCUT2D eigenvalue weighted by Crippen LogP contribution is -2.36. The van der Waals surface area contributed by atoms with E-state index in [0.717, 1.165) is 30.5 Å². The van der Waals surface area contributed by atoms with Crippen molar-refractivity contribution in [1.29, 1.82) is 0 Å². The number of benzene rings is 1. The summed E-state index contributed by atoms with van der Waals surface area (Å²) in [5, 5.41) is 4.18.